The van der Waals surface area contributed by atoms with Crippen molar-refractivity contribution in [3.63, 3.8) is 0 Å². The maximum absolute atomic E-state index is 12.9. The van der Waals surface area contributed by atoms with Crippen molar-refractivity contribution in [2.24, 2.45) is 0 Å². The molecule has 0 N–H and O–H groups in total. The van der Waals surface area contributed by atoms with Crippen LogP contribution in [0.2, 0.25) is 0 Å². The Balaban J connectivity index is 1.67. The Morgan fingerprint density at radius 3 is 3.00 bits per heavy atom. The first-order valence-electron chi connectivity index (χ1n) is 7.57. The summed E-state index contributed by atoms with van der Waals surface area (Å²) < 4.78 is 1.70. The molecule has 0 fully saturated rings. The lowest BCUT2D eigenvalue weighted by Crippen LogP contribution is -2.37. The number of aromatic nitrogens is 2. The van der Waals surface area contributed by atoms with Gasteiger partial charge in [-0.05, 0) is 35.9 Å². The van der Waals surface area contributed by atoms with E-state index in [2.05, 4.69) is 29.4 Å². The Bertz CT molecular complexity index is 993. The minimum atomic E-state index is -0.372. The zero-order valence-electron chi connectivity index (χ0n) is 13.1. The first-order valence-corrected chi connectivity index (χ1v) is 9.68. The Kier molecular flexibility index (Phi) is 3.90. The third-order valence-corrected chi connectivity index (χ3v) is 5.73. The van der Waals surface area contributed by atoms with Gasteiger partial charge in [-0.1, -0.05) is 6.07 Å². The van der Waals surface area contributed by atoms with Crippen LogP contribution in [-0.2, 0) is 13.0 Å². The first-order chi connectivity index (χ1) is 11.7. The largest absolute Gasteiger partial charge is 0.333 e. The second-order valence-corrected chi connectivity index (χ2v) is 7.40. The van der Waals surface area contributed by atoms with Crippen LogP contribution in [0.5, 0.6) is 0 Å². The third-order valence-electron chi connectivity index (χ3n) is 4.25. The van der Waals surface area contributed by atoms with Gasteiger partial charge < -0.3 is 4.90 Å². The standard InChI is InChI=1S/C17H15N3O2S2/c1-23-13-3-2-12-10-19(5-4-11(12)8-13)16(22)14-9-15(21)18-17-20(14)6-7-24-17/h2-3,6-9H,4-5,10H2,1H3. The Morgan fingerprint density at radius 1 is 1.29 bits per heavy atom. The zero-order chi connectivity index (χ0) is 16.7. The SMILES string of the molecule is CSc1ccc2c(c1)CCN(C(=O)c1cc(=O)nc3sccn13)C2. The average molecular weight is 357 g/mol. The van der Waals surface area contributed by atoms with Gasteiger partial charge >= 0.3 is 0 Å². The lowest BCUT2D eigenvalue weighted by atomic mass is 9.99. The van der Waals surface area contributed by atoms with Gasteiger partial charge in [0.2, 0.25) is 0 Å². The molecule has 3 heterocycles. The van der Waals surface area contributed by atoms with Gasteiger partial charge in [0.05, 0.1) is 0 Å². The van der Waals surface area contributed by atoms with E-state index in [1.807, 2.05) is 5.38 Å². The van der Waals surface area contributed by atoms with E-state index >= 15 is 0 Å². The number of benzene rings is 1. The number of amides is 1. The molecule has 24 heavy (non-hydrogen) atoms. The van der Waals surface area contributed by atoms with Gasteiger partial charge in [0.25, 0.3) is 11.5 Å². The maximum Gasteiger partial charge on any atom is 0.274 e. The summed E-state index contributed by atoms with van der Waals surface area (Å²) in [6.45, 7) is 1.23. The van der Waals surface area contributed by atoms with Gasteiger partial charge in [0, 0.05) is 35.6 Å². The fourth-order valence-electron chi connectivity index (χ4n) is 3.01. The molecule has 1 aromatic carbocycles. The van der Waals surface area contributed by atoms with Crippen LogP contribution >= 0.6 is 23.1 Å². The number of thioether (sulfide) groups is 1. The quantitative estimate of drug-likeness (QED) is 0.662. The second-order valence-electron chi connectivity index (χ2n) is 5.65. The van der Waals surface area contributed by atoms with Crippen LogP contribution in [0.3, 0.4) is 0 Å². The zero-order valence-corrected chi connectivity index (χ0v) is 14.7. The van der Waals surface area contributed by atoms with Crippen LogP contribution in [-0.4, -0.2) is 33.0 Å². The molecule has 2 aromatic heterocycles. The summed E-state index contributed by atoms with van der Waals surface area (Å²) in [6, 6.07) is 7.72. The highest BCUT2D eigenvalue weighted by Gasteiger charge is 2.24. The topological polar surface area (TPSA) is 54.7 Å². The molecule has 0 radical (unpaired) electrons. The molecule has 0 saturated heterocycles. The van der Waals surface area contributed by atoms with Crippen LogP contribution in [0, 0.1) is 0 Å². The van der Waals surface area contributed by atoms with Crippen molar-refractivity contribution < 1.29 is 4.79 Å². The molecule has 1 amide bonds. The molecule has 1 aliphatic rings. The predicted molar refractivity (Wildman–Crippen MR) is 96.0 cm³/mol. The average Bonchev–Trinajstić information content (AvgIpc) is 3.07. The number of hydrogen-bond donors (Lipinski definition) is 0. The van der Waals surface area contributed by atoms with Crippen LogP contribution in [0.15, 0.2) is 45.5 Å². The van der Waals surface area contributed by atoms with Crippen molar-refractivity contribution >= 4 is 34.0 Å². The Morgan fingerprint density at radius 2 is 2.17 bits per heavy atom. The van der Waals surface area contributed by atoms with Crippen LogP contribution in [0.4, 0.5) is 0 Å². The van der Waals surface area contributed by atoms with Crippen molar-refractivity contribution in [3.05, 3.63) is 63.0 Å². The van der Waals surface area contributed by atoms with E-state index in [1.54, 1.807) is 27.3 Å². The number of nitrogens with zero attached hydrogens (tertiary/aromatic N) is 3. The van der Waals surface area contributed by atoms with Crippen molar-refractivity contribution in [3.8, 4) is 0 Å². The molecule has 0 aliphatic carbocycles. The lowest BCUT2D eigenvalue weighted by Gasteiger charge is -2.29. The van der Waals surface area contributed by atoms with Crippen molar-refractivity contribution in [2.45, 2.75) is 17.9 Å². The highest BCUT2D eigenvalue weighted by atomic mass is 32.2. The smallest absolute Gasteiger partial charge is 0.274 e. The summed E-state index contributed by atoms with van der Waals surface area (Å²) in [5.74, 6) is -0.123. The number of hydrogen-bond acceptors (Lipinski definition) is 5. The van der Waals surface area contributed by atoms with Gasteiger partial charge in [-0.3, -0.25) is 14.0 Å². The lowest BCUT2D eigenvalue weighted by molar-refractivity contribution is 0.0727. The van der Waals surface area contributed by atoms with E-state index in [0.717, 1.165) is 6.42 Å². The van der Waals surface area contributed by atoms with Gasteiger partial charge in [-0.15, -0.1) is 23.1 Å². The molecule has 0 spiro atoms. The molecule has 0 saturated carbocycles. The summed E-state index contributed by atoms with van der Waals surface area (Å²) in [7, 11) is 0. The summed E-state index contributed by atoms with van der Waals surface area (Å²) in [5, 5.41) is 1.83. The highest BCUT2D eigenvalue weighted by Crippen LogP contribution is 2.25. The molecular weight excluding hydrogens is 342 g/mol. The monoisotopic (exact) mass is 357 g/mol. The van der Waals surface area contributed by atoms with Gasteiger partial charge in [-0.2, -0.15) is 4.98 Å². The molecule has 1 aliphatic heterocycles. The normalized spacial score (nSPS) is 14.0. The van der Waals surface area contributed by atoms with Gasteiger partial charge in [-0.25, -0.2) is 0 Å². The maximum atomic E-state index is 12.9. The molecule has 7 heteroatoms. The van der Waals surface area contributed by atoms with Crippen LogP contribution in [0.1, 0.15) is 21.6 Å². The van der Waals surface area contributed by atoms with E-state index in [1.165, 1.54) is 33.4 Å². The predicted octanol–water partition coefficient (Wildman–Crippen LogP) is 2.68. The number of fused-ring (bicyclic) bond motifs is 2. The van der Waals surface area contributed by atoms with E-state index in [0.29, 0.717) is 23.7 Å². The fourth-order valence-corrected chi connectivity index (χ4v) is 4.19. The summed E-state index contributed by atoms with van der Waals surface area (Å²) in [6.07, 6.45) is 4.68. The summed E-state index contributed by atoms with van der Waals surface area (Å²) >= 11 is 3.08. The van der Waals surface area contributed by atoms with Crippen molar-refractivity contribution in [2.75, 3.05) is 12.8 Å². The number of thiazole rings is 1. The van der Waals surface area contributed by atoms with Crippen molar-refractivity contribution in [1.29, 1.82) is 0 Å². The van der Waals surface area contributed by atoms with E-state index in [-0.39, 0.29) is 11.5 Å². The number of rotatable bonds is 2. The molecule has 0 unspecified atom stereocenters. The highest BCUT2D eigenvalue weighted by molar-refractivity contribution is 7.98. The van der Waals surface area contributed by atoms with Crippen LogP contribution < -0.4 is 5.56 Å². The second kappa shape index (κ2) is 6.07. The minimum Gasteiger partial charge on any atom is -0.333 e. The minimum absolute atomic E-state index is 0.123. The molecule has 0 bridgehead atoms. The molecule has 3 aromatic rings. The Hall–Kier alpha value is -2.12. The van der Waals surface area contributed by atoms with E-state index in [9.17, 15) is 9.59 Å². The first kappa shape index (κ1) is 15.4. The molecule has 4 rings (SSSR count). The molecule has 5 nitrogen and oxygen atoms in total. The molecule has 122 valence electrons. The van der Waals surface area contributed by atoms with Gasteiger partial charge in [0.1, 0.15) is 5.69 Å². The van der Waals surface area contributed by atoms with Crippen molar-refractivity contribution in [1.82, 2.24) is 14.3 Å². The molecular formula is C17H15N3O2S2. The van der Waals surface area contributed by atoms with Gasteiger partial charge in [0.15, 0.2) is 4.96 Å². The summed E-state index contributed by atoms with van der Waals surface area (Å²) in [5.41, 5.74) is 2.49. The fraction of sp³-hybridized carbons (Fsp3) is 0.235. The third kappa shape index (κ3) is 2.63. The summed E-state index contributed by atoms with van der Waals surface area (Å²) in [4.78, 5) is 32.2. The number of carbonyl (C=O) groups is 1. The Labute approximate surface area is 147 Å². The van der Waals surface area contributed by atoms with Crippen LogP contribution in [0.25, 0.3) is 4.96 Å². The van der Waals surface area contributed by atoms with E-state index in [4.69, 9.17) is 0 Å². The number of carbonyl (C=O) groups excluding carboxylic acids is 1. The molecule has 0 atom stereocenters. The van der Waals surface area contributed by atoms with E-state index < -0.39 is 0 Å².